The van der Waals surface area contributed by atoms with Crippen molar-refractivity contribution in [3.05, 3.63) is 25.3 Å². The number of nitrogens with zero attached hydrogens (tertiary/aromatic N) is 3. The summed E-state index contributed by atoms with van der Waals surface area (Å²) in [5.41, 5.74) is -1.89. The molecule has 0 radical (unpaired) electrons. The van der Waals surface area contributed by atoms with Crippen molar-refractivity contribution < 1.29 is 24.2 Å². The largest absolute Gasteiger partial charge is 0.396 e. The fraction of sp³-hybridized carbons (Fsp3) is 0.750. The van der Waals surface area contributed by atoms with Gasteiger partial charge in [0.15, 0.2) is 0 Å². The molecule has 1 saturated carbocycles. The molecule has 36 heavy (non-hydrogen) atoms. The number of carbonyl (C=O) groups excluding carboxylic acids is 3. The zero-order valence-corrected chi connectivity index (χ0v) is 22.2. The summed E-state index contributed by atoms with van der Waals surface area (Å²) in [6.45, 7) is 12.6. The van der Waals surface area contributed by atoms with Crippen LogP contribution >= 0.6 is 0 Å². The van der Waals surface area contributed by atoms with Gasteiger partial charge in [0.2, 0.25) is 17.7 Å². The molecule has 3 amide bonds. The molecule has 1 spiro atoms. The number of ether oxygens (including phenoxy) is 1. The standard InChI is InChI=1S/C28H43N3O5/c1-6-14-29(5)24(33)21-22-25(34)31(16-11-17-32)23(28(22)18-19(3)27(21,4)36-28)26(35)30(15-7-2)20-12-9-8-10-13-20/h6-7,19-23,32H,1-2,8-18H2,3-5H3/t19?,21-,22-,23?,27+,28?/m0/s1. The minimum Gasteiger partial charge on any atom is -0.396 e. The second-order valence-electron chi connectivity index (χ2n) is 11.4. The lowest BCUT2D eigenvalue weighted by atomic mass is 9.62. The minimum absolute atomic E-state index is 0.00302. The van der Waals surface area contributed by atoms with Crippen LogP contribution < -0.4 is 0 Å². The van der Waals surface area contributed by atoms with Gasteiger partial charge in [-0.3, -0.25) is 14.4 Å². The molecule has 4 fully saturated rings. The summed E-state index contributed by atoms with van der Waals surface area (Å²) in [7, 11) is 1.72. The van der Waals surface area contributed by atoms with Crippen LogP contribution in [0, 0.1) is 17.8 Å². The lowest BCUT2D eigenvalue weighted by molar-refractivity contribution is -0.155. The Balaban J connectivity index is 1.77. The molecule has 0 aromatic rings. The number of rotatable bonds is 10. The molecule has 3 heterocycles. The van der Waals surface area contributed by atoms with Gasteiger partial charge in [-0.15, -0.1) is 13.2 Å². The van der Waals surface area contributed by atoms with Gasteiger partial charge in [-0.2, -0.15) is 0 Å². The molecule has 3 aliphatic heterocycles. The van der Waals surface area contributed by atoms with E-state index in [1.165, 1.54) is 6.42 Å². The maximum Gasteiger partial charge on any atom is 0.248 e. The lowest BCUT2D eigenvalue weighted by Gasteiger charge is -2.41. The van der Waals surface area contributed by atoms with Gasteiger partial charge in [-0.05, 0) is 38.5 Å². The number of aliphatic hydroxyl groups is 1. The number of likely N-dealkylation sites (N-methyl/N-ethyl adjacent to an activating group) is 1. The van der Waals surface area contributed by atoms with Crippen molar-refractivity contribution in [3.8, 4) is 0 Å². The third-order valence-corrected chi connectivity index (χ3v) is 9.28. The van der Waals surface area contributed by atoms with Crippen molar-refractivity contribution >= 4 is 17.7 Å². The Morgan fingerprint density at radius 3 is 2.44 bits per heavy atom. The fourth-order valence-electron chi connectivity index (χ4n) is 7.50. The van der Waals surface area contributed by atoms with Crippen LogP contribution in [0.25, 0.3) is 0 Å². The topological polar surface area (TPSA) is 90.4 Å². The molecular weight excluding hydrogens is 458 g/mol. The van der Waals surface area contributed by atoms with Crippen molar-refractivity contribution in [3.63, 3.8) is 0 Å². The van der Waals surface area contributed by atoms with Crippen LogP contribution in [0.15, 0.2) is 25.3 Å². The van der Waals surface area contributed by atoms with Gasteiger partial charge < -0.3 is 24.5 Å². The molecule has 8 heteroatoms. The number of fused-ring (bicyclic) bond motifs is 1. The van der Waals surface area contributed by atoms with Crippen LogP contribution in [-0.2, 0) is 19.1 Å². The minimum atomic E-state index is -1.05. The lowest BCUT2D eigenvalue weighted by Crippen LogP contribution is -2.58. The number of aliphatic hydroxyl groups excluding tert-OH is 1. The molecule has 1 N–H and O–H groups in total. The molecule has 0 aromatic carbocycles. The van der Waals surface area contributed by atoms with Crippen molar-refractivity contribution in [1.82, 2.24) is 14.7 Å². The van der Waals surface area contributed by atoms with Crippen LogP contribution in [0.4, 0.5) is 0 Å². The summed E-state index contributed by atoms with van der Waals surface area (Å²) < 4.78 is 6.80. The second kappa shape index (κ2) is 10.3. The SMILES string of the molecule is C=CCN(C)C(=O)[C@@H]1[C@H]2C(=O)N(CCCO)C(C(=O)N(CC=C)C3CCCCC3)C23CC(C)[C@@]1(C)O3. The predicted octanol–water partition coefficient (Wildman–Crippen LogP) is 2.37. The molecular formula is C28H43N3O5. The molecule has 4 aliphatic rings. The van der Waals surface area contributed by atoms with E-state index < -0.39 is 29.1 Å². The van der Waals surface area contributed by atoms with Gasteiger partial charge in [0.1, 0.15) is 11.6 Å². The Morgan fingerprint density at radius 2 is 1.83 bits per heavy atom. The first-order valence-electron chi connectivity index (χ1n) is 13.6. The fourth-order valence-corrected chi connectivity index (χ4v) is 7.50. The van der Waals surface area contributed by atoms with Gasteiger partial charge in [-0.25, -0.2) is 0 Å². The maximum absolute atomic E-state index is 14.4. The van der Waals surface area contributed by atoms with Crippen LogP contribution in [0.5, 0.6) is 0 Å². The highest BCUT2D eigenvalue weighted by Crippen LogP contribution is 2.65. The molecule has 0 aromatic heterocycles. The van der Waals surface area contributed by atoms with Crippen molar-refractivity contribution in [2.24, 2.45) is 17.8 Å². The summed E-state index contributed by atoms with van der Waals surface area (Å²) in [6, 6.07) is -0.701. The van der Waals surface area contributed by atoms with E-state index in [0.29, 0.717) is 25.9 Å². The highest BCUT2D eigenvalue weighted by Gasteiger charge is 2.80. The third-order valence-electron chi connectivity index (χ3n) is 9.28. The van der Waals surface area contributed by atoms with Crippen molar-refractivity contribution in [2.75, 3.05) is 33.3 Å². The highest BCUT2D eigenvalue weighted by atomic mass is 16.5. The van der Waals surface area contributed by atoms with Gasteiger partial charge in [0, 0.05) is 39.3 Å². The first-order valence-corrected chi connectivity index (χ1v) is 13.6. The molecule has 3 saturated heterocycles. The number of amides is 3. The Hall–Kier alpha value is -2.19. The summed E-state index contributed by atoms with van der Waals surface area (Å²) >= 11 is 0. The van der Waals surface area contributed by atoms with Crippen LogP contribution in [0.2, 0.25) is 0 Å². The first-order chi connectivity index (χ1) is 17.2. The Morgan fingerprint density at radius 1 is 1.17 bits per heavy atom. The number of carbonyl (C=O) groups is 3. The van der Waals surface area contributed by atoms with Crippen LogP contribution in [0.1, 0.15) is 58.8 Å². The van der Waals surface area contributed by atoms with Gasteiger partial charge in [0.05, 0.1) is 17.4 Å². The van der Waals surface area contributed by atoms with Gasteiger partial charge >= 0.3 is 0 Å². The van der Waals surface area contributed by atoms with E-state index in [9.17, 15) is 19.5 Å². The molecule has 200 valence electrons. The number of likely N-dealkylation sites (tertiary alicyclic amines) is 1. The normalized spacial score (nSPS) is 35.6. The summed E-state index contributed by atoms with van der Waals surface area (Å²) in [5, 5.41) is 9.57. The van der Waals surface area contributed by atoms with Gasteiger partial charge in [0.25, 0.3) is 0 Å². The van der Waals surface area contributed by atoms with E-state index >= 15 is 0 Å². The zero-order valence-electron chi connectivity index (χ0n) is 22.2. The van der Waals surface area contributed by atoms with E-state index in [4.69, 9.17) is 4.74 Å². The third kappa shape index (κ3) is 4.01. The van der Waals surface area contributed by atoms with Crippen LogP contribution in [0.3, 0.4) is 0 Å². The monoisotopic (exact) mass is 501 g/mol. The van der Waals surface area contributed by atoms with E-state index in [-0.39, 0.29) is 42.8 Å². The molecule has 2 bridgehead atoms. The maximum atomic E-state index is 14.4. The van der Waals surface area contributed by atoms with Crippen molar-refractivity contribution in [1.29, 1.82) is 0 Å². The summed E-state index contributed by atoms with van der Waals surface area (Å²) in [5.74, 6) is -1.85. The Kier molecular flexibility index (Phi) is 7.68. The summed E-state index contributed by atoms with van der Waals surface area (Å²) in [4.78, 5) is 47.3. The van der Waals surface area contributed by atoms with Gasteiger partial charge in [-0.1, -0.05) is 38.3 Å². The molecule has 4 rings (SSSR count). The average molecular weight is 502 g/mol. The predicted molar refractivity (Wildman–Crippen MR) is 137 cm³/mol. The average Bonchev–Trinajstić information content (AvgIpc) is 3.37. The molecule has 6 atom stereocenters. The zero-order chi connectivity index (χ0) is 26.3. The smallest absolute Gasteiger partial charge is 0.248 e. The highest BCUT2D eigenvalue weighted by molar-refractivity contribution is 5.99. The van der Waals surface area contributed by atoms with E-state index in [1.807, 2.05) is 11.8 Å². The Bertz CT molecular complexity index is 902. The van der Waals surface area contributed by atoms with Crippen LogP contribution in [-0.4, -0.2) is 94.1 Å². The number of hydrogen-bond donors (Lipinski definition) is 1. The molecule has 3 unspecified atom stereocenters. The Labute approximate surface area is 215 Å². The van der Waals surface area contributed by atoms with E-state index in [0.717, 1.165) is 25.7 Å². The van der Waals surface area contributed by atoms with Crippen molar-refractivity contribution in [2.45, 2.75) is 82.1 Å². The second-order valence-corrected chi connectivity index (χ2v) is 11.4. The quantitative estimate of drug-likeness (QED) is 0.464. The summed E-state index contributed by atoms with van der Waals surface area (Å²) in [6.07, 6.45) is 9.54. The van der Waals surface area contributed by atoms with E-state index in [2.05, 4.69) is 20.1 Å². The molecule has 8 nitrogen and oxygen atoms in total. The molecule has 1 aliphatic carbocycles. The van der Waals surface area contributed by atoms with E-state index in [1.54, 1.807) is 29.0 Å². The number of hydrogen-bond acceptors (Lipinski definition) is 5. The first kappa shape index (κ1) is 26.9.